The number of hydrogen-bond donors (Lipinski definition) is 1. The van der Waals surface area contributed by atoms with Crippen molar-refractivity contribution in [2.24, 2.45) is 5.92 Å². The third kappa shape index (κ3) is 4.44. The Morgan fingerprint density at radius 1 is 1.04 bits per heavy atom. The van der Waals surface area contributed by atoms with Gasteiger partial charge in [0.2, 0.25) is 5.91 Å². The minimum absolute atomic E-state index is 0.0147. The summed E-state index contributed by atoms with van der Waals surface area (Å²) in [6, 6.07) is 4.59. The van der Waals surface area contributed by atoms with Crippen LogP contribution in [0.4, 0.5) is 0 Å². The molecule has 0 bridgehead atoms. The average Bonchev–Trinajstić information content (AvgIpc) is 2.64. The van der Waals surface area contributed by atoms with Crippen LogP contribution in [-0.4, -0.2) is 50.1 Å². The van der Waals surface area contributed by atoms with Gasteiger partial charge in [-0.1, -0.05) is 19.9 Å². The highest BCUT2D eigenvalue weighted by Crippen LogP contribution is 2.28. The number of rotatable bonds is 6. The Bertz CT molecular complexity index is 587. The molecule has 0 aliphatic carbocycles. The van der Waals surface area contributed by atoms with Gasteiger partial charge in [-0.05, 0) is 37.3 Å². The van der Waals surface area contributed by atoms with E-state index in [0.29, 0.717) is 17.1 Å². The number of hydrogen-bond acceptors (Lipinski definition) is 4. The van der Waals surface area contributed by atoms with Crippen LogP contribution in [0.1, 0.15) is 43.5 Å². The standard InChI is InChI=1S/C19H28N2O4/c1-13(2)17(19(23)21-11-6-5-7-12-21)20-18(22)16-14(24-3)9-8-10-15(16)25-4/h8-10,13,17H,5-7,11-12H2,1-4H3,(H,20,22)/t17-/m0/s1. The molecule has 0 unspecified atom stereocenters. The number of carbonyl (C=O) groups excluding carboxylic acids is 2. The van der Waals surface area contributed by atoms with E-state index >= 15 is 0 Å². The Balaban J connectivity index is 2.22. The molecule has 1 atom stereocenters. The molecule has 138 valence electrons. The van der Waals surface area contributed by atoms with Crippen molar-refractivity contribution in [3.63, 3.8) is 0 Å². The molecule has 25 heavy (non-hydrogen) atoms. The fourth-order valence-electron chi connectivity index (χ4n) is 3.11. The molecule has 0 saturated carbocycles. The number of methoxy groups -OCH3 is 2. The normalized spacial score (nSPS) is 15.6. The largest absolute Gasteiger partial charge is 0.496 e. The zero-order chi connectivity index (χ0) is 18.4. The van der Waals surface area contributed by atoms with Gasteiger partial charge in [0.25, 0.3) is 5.91 Å². The van der Waals surface area contributed by atoms with Gasteiger partial charge in [0.05, 0.1) is 14.2 Å². The lowest BCUT2D eigenvalue weighted by molar-refractivity contribution is -0.135. The van der Waals surface area contributed by atoms with Crippen molar-refractivity contribution in [2.75, 3.05) is 27.3 Å². The van der Waals surface area contributed by atoms with E-state index in [4.69, 9.17) is 9.47 Å². The summed E-state index contributed by atoms with van der Waals surface area (Å²) in [7, 11) is 3.01. The van der Waals surface area contributed by atoms with E-state index in [0.717, 1.165) is 32.4 Å². The maximum Gasteiger partial charge on any atom is 0.259 e. The molecule has 6 nitrogen and oxygen atoms in total. The predicted molar refractivity (Wildman–Crippen MR) is 96.1 cm³/mol. The molecule has 1 aliphatic rings. The molecular weight excluding hydrogens is 320 g/mol. The number of likely N-dealkylation sites (tertiary alicyclic amines) is 1. The molecule has 1 heterocycles. The Labute approximate surface area is 149 Å². The summed E-state index contributed by atoms with van der Waals surface area (Å²) in [5, 5.41) is 2.89. The van der Waals surface area contributed by atoms with Crippen LogP contribution in [0.3, 0.4) is 0 Å². The van der Waals surface area contributed by atoms with Gasteiger partial charge in [-0.2, -0.15) is 0 Å². The number of carbonyl (C=O) groups is 2. The zero-order valence-corrected chi connectivity index (χ0v) is 15.5. The second-order valence-electron chi connectivity index (χ2n) is 6.62. The first-order valence-corrected chi connectivity index (χ1v) is 8.80. The maximum atomic E-state index is 12.9. The van der Waals surface area contributed by atoms with Gasteiger partial charge in [0.15, 0.2) is 0 Å². The summed E-state index contributed by atoms with van der Waals surface area (Å²) in [5.41, 5.74) is 0.310. The van der Waals surface area contributed by atoms with Crippen LogP contribution in [0.25, 0.3) is 0 Å². The van der Waals surface area contributed by atoms with Crippen molar-refractivity contribution < 1.29 is 19.1 Å². The quantitative estimate of drug-likeness (QED) is 0.857. The fraction of sp³-hybridized carbons (Fsp3) is 0.579. The lowest BCUT2D eigenvalue weighted by atomic mass is 10.00. The van der Waals surface area contributed by atoms with Crippen molar-refractivity contribution in [3.8, 4) is 11.5 Å². The second kappa shape index (κ2) is 8.74. The van der Waals surface area contributed by atoms with Crippen LogP contribution in [-0.2, 0) is 4.79 Å². The lowest BCUT2D eigenvalue weighted by Gasteiger charge is -2.32. The van der Waals surface area contributed by atoms with E-state index in [1.807, 2.05) is 18.7 Å². The summed E-state index contributed by atoms with van der Waals surface area (Å²) in [6.07, 6.45) is 3.19. The van der Waals surface area contributed by atoms with Crippen LogP contribution in [0, 0.1) is 5.92 Å². The summed E-state index contributed by atoms with van der Waals surface area (Å²) in [4.78, 5) is 27.6. The molecule has 0 spiro atoms. The first-order valence-electron chi connectivity index (χ1n) is 8.80. The highest BCUT2D eigenvalue weighted by Gasteiger charge is 2.31. The van der Waals surface area contributed by atoms with E-state index in [2.05, 4.69) is 5.32 Å². The number of benzene rings is 1. The lowest BCUT2D eigenvalue weighted by Crippen LogP contribution is -2.52. The van der Waals surface area contributed by atoms with Gasteiger partial charge < -0.3 is 19.7 Å². The topological polar surface area (TPSA) is 67.9 Å². The predicted octanol–water partition coefficient (Wildman–Crippen LogP) is 2.47. The molecule has 1 aromatic rings. The summed E-state index contributed by atoms with van der Waals surface area (Å²) < 4.78 is 10.6. The van der Waals surface area contributed by atoms with Crippen LogP contribution < -0.4 is 14.8 Å². The van der Waals surface area contributed by atoms with E-state index in [9.17, 15) is 9.59 Å². The molecule has 1 saturated heterocycles. The number of nitrogens with zero attached hydrogens (tertiary/aromatic N) is 1. The van der Waals surface area contributed by atoms with Crippen LogP contribution >= 0.6 is 0 Å². The van der Waals surface area contributed by atoms with E-state index in [1.165, 1.54) is 14.2 Å². The molecule has 0 radical (unpaired) electrons. The first-order chi connectivity index (χ1) is 12.0. The Morgan fingerprint density at radius 2 is 1.60 bits per heavy atom. The van der Waals surface area contributed by atoms with Crippen LogP contribution in [0.15, 0.2) is 18.2 Å². The minimum atomic E-state index is -0.569. The van der Waals surface area contributed by atoms with Crippen LogP contribution in [0.2, 0.25) is 0 Å². The highest BCUT2D eigenvalue weighted by atomic mass is 16.5. The number of ether oxygens (including phenoxy) is 2. The van der Waals surface area contributed by atoms with E-state index in [-0.39, 0.29) is 17.7 Å². The first kappa shape index (κ1) is 19.1. The van der Waals surface area contributed by atoms with Gasteiger partial charge in [-0.25, -0.2) is 0 Å². The third-order valence-electron chi connectivity index (χ3n) is 4.54. The summed E-state index contributed by atoms with van der Waals surface area (Å²) in [6.45, 7) is 5.39. The van der Waals surface area contributed by atoms with Crippen molar-refractivity contribution in [1.82, 2.24) is 10.2 Å². The maximum absolute atomic E-state index is 12.9. The van der Waals surface area contributed by atoms with Gasteiger partial charge in [0, 0.05) is 13.1 Å². The molecular formula is C19H28N2O4. The van der Waals surface area contributed by atoms with Crippen molar-refractivity contribution in [1.29, 1.82) is 0 Å². The van der Waals surface area contributed by atoms with Gasteiger partial charge in [0.1, 0.15) is 23.1 Å². The Morgan fingerprint density at radius 3 is 2.08 bits per heavy atom. The number of nitrogens with one attached hydrogen (secondary N) is 1. The molecule has 1 aromatic carbocycles. The second-order valence-corrected chi connectivity index (χ2v) is 6.62. The fourth-order valence-corrected chi connectivity index (χ4v) is 3.11. The average molecular weight is 348 g/mol. The molecule has 6 heteroatoms. The summed E-state index contributed by atoms with van der Waals surface area (Å²) >= 11 is 0. The highest BCUT2D eigenvalue weighted by molar-refractivity contribution is 6.02. The minimum Gasteiger partial charge on any atom is -0.496 e. The van der Waals surface area contributed by atoms with Gasteiger partial charge in [-0.15, -0.1) is 0 Å². The van der Waals surface area contributed by atoms with Crippen LogP contribution in [0.5, 0.6) is 11.5 Å². The third-order valence-corrected chi connectivity index (χ3v) is 4.54. The molecule has 2 rings (SSSR count). The van der Waals surface area contributed by atoms with E-state index < -0.39 is 6.04 Å². The molecule has 0 aromatic heterocycles. The Kier molecular flexibility index (Phi) is 6.67. The molecule has 1 fully saturated rings. The SMILES string of the molecule is COc1cccc(OC)c1C(=O)N[C@H](C(=O)N1CCCCC1)C(C)C. The smallest absolute Gasteiger partial charge is 0.259 e. The van der Waals surface area contributed by atoms with Gasteiger partial charge >= 0.3 is 0 Å². The van der Waals surface area contributed by atoms with Crippen molar-refractivity contribution >= 4 is 11.8 Å². The number of amides is 2. The summed E-state index contributed by atoms with van der Waals surface area (Å²) in [5.74, 6) is 0.448. The zero-order valence-electron chi connectivity index (χ0n) is 15.5. The number of piperidine rings is 1. The van der Waals surface area contributed by atoms with Crippen molar-refractivity contribution in [3.05, 3.63) is 23.8 Å². The molecule has 1 aliphatic heterocycles. The molecule has 1 N–H and O–H groups in total. The molecule has 2 amide bonds. The Hall–Kier alpha value is -2.24. The van der Waals surface area contributed by atoms with Gasteiger partial charge in [-0.3, -0.25) is 9.59 Å². The monoisotopic (exact) mass is 348 g/mol. The van der Waals surface area contributed by atoms with E-state index in [1.54, 1.807) is 18.2 Å². The van der Waals surface area contributed by atoms with Crippen molar-refractivity contribution in [2.45, 2.75) is 39.2 Å².